The lowest BCUT2D eigenvalue weighted by atomic mass is 9.71. The zero-order valence-corrected chi connectivity index (χ0v) is 25.9. The highest BCUT2D eigenvalue weighted by Crippen LogP contribution is 2.39. The lowest BCUT2D eigenvalue weighted by molar-refractivity contribution is -0.116. The van der Waals surface area contributed by atoms with Crippen LogP contribution < -0.4 is 5.56 Å². The number of ketones is 1. The lowest BCUT2D eigenvalue weighted by Crippen LogP contribution is -2.39. The second kappa shape index (κ2) is 12.3. The van der Waals surface area contributed by atoms with Crippen molar-refractivity contribution in [3.05, 3.63) is 92.7 Å². The van der Waals surface area contributed by atoms with E-state index < -0.39 is 0 Å². The summed E-state index contributed by atoms with van der Waals surface area (Å²) in [6.07, 6.45) is 10.7. The maximum Gasteiger partial charge on any atom is 0.247 e. The van der Waals surface area contributed by atoms with Gasteiger partial charge in [0.1, 0.15) is 0 Å². The smallest absolute Gasteiger partial charge is 0.247 e. The molecular formula is C37H45N3O3. The summed E-state index contributed by atoms with van der Waals surface area (Å²) < 4.78 is 0. The molecule has 6 rings (SSSR count). The molecule has 0 amide bonds. The first-order chi connectivity index (χ1) is 20.6. The molecule has 3 aliphatic rings. The summed E-state index contributed by atoms with van der Waals surface area (Å²) in [5.74, 6) is 0.940. The van der Waals surface area contributed by atoms with Gasteiger partial charge < -0.3 is 15.0 Å². The van der Waals surface area contributed by atoms with Crippen molar-refractivity contribution in [2.75, 3.05) is 19.6 Å². The summed E-state index contributed by atoms with van der Waals surface area (Å²) in [6.45, 7) is 9.57. The van der Waals surface area contributed by atoms with Gasteiger partial charge in [0, 0.05) is 42.9 Å². The fraction of sp³-hybridized carbons (Fsp3) is 0.486. The molecule has 2 aromatic heterocycles. The SMILES string of the molecule is CC(C)(C)[C@H]1CCc2nc3c(cc2C1)C=C(C(=O)C[C@H](CCN1CCCC(O)C1)c1ccc(-c2ccc(=O)[nH]c2)cc1)C3. The number of fused-ring (bicyclic) bond motifs is 2. The van der Waals surface area contributed by atoms with E-state index in [1.165, 1.54) is 17.7 Å². The first-order valence-electron chi connectivity index (χ1n) is 16.1. The van der Waals surface area contributed by atoms with Crippen LogP contribution in [0.1, 0.15) is 86.9 Å². The molecule has 1 unspecified atom stereocenters. The number of rotatable bonds is 8. The Bertz CT molecular complexity index is 1540. The zero-order valence-electron chi connectivity index (χ0n) is 25.9. The molecule has 0 spiro atoms. The predicted molar refractivity (Wildman–Crippen MR) is 172 cm³/mol. The molecule has 226 valence electrons. The molecule has 2 N–H and O–H groups in total. The normalized spacial score (nSPS) is 21.2. The number of allylic oxidation sites excluding steroid dienone is 1. The maximum atomic E-state index is 13.8. The molecule has 6 nitrogen and oxygen atoms in total. The van der Waals surface area contributed by atoms with Crippen molar-refractivity contribution in [3.63, 3.8) is 0 Å². The van der Waals surface area contributed by atoms with Crippen LogP contribution in [0.25, 0.3) is 17.2 Å². The zero-order chi connectivity index (χ0) is 30.1. The van der Waals surface area contributed by atoms with Crippen LogP contribution in [0, 0.1) is 11.3 Å². The van der Waals surface area contributed by atoms with Gasteiger partial charge in [0.25, 0.3) is 0 Å². The van der Waals surface area contributed by atoms with Gasteiger partial charge in [0.15, 0.2) is 5.78 Å². The largest absolute Gasteiger partial charge is 0.392 e. The summed E-state index contributed by atoms with van der Waals surface area (Å²) >= 11 is 0. The molecule has 0 saturated carbocycles. The van der Waals surface area contributed by atoms with Crippen LogP contribution in [0.2, 0.25) is 0 Å². The fourth-order valence-corrected chi connectivity index (χ4v) is 7.18. The van der Waals surface area contributed by atoms with Crippen molar-refractivity contribution in [2.24, 2.45) is 11.3 Å². The number of benzene rings is 1. The Morgan fingerprint density at radius 3 is 2.60 bits per heavy atom. The molecule has 1 aliphatic heterocycles. The van der Waals surface area contributed by atoms with Gasteiger partial charge in [-0.15, -0.1) is 0 Å². The number of β-amino-alcohol motifs (C(OH)–C–C–N with tert-alkyl or cyclic N) is 1. The predicted octanol–water partition coefficient (Wildman–Crippen LogP) is 6.12. The Kier molecular flexibility index (Phi) is 8.52. The van der Waals surface area contributed by atoms with Crippen LogP contribution in [0.4, 0.5) is 0 Å². The summed E-state index contributed by atoms with van der Waals surface area (Å²) in [5.41, 5.74) is 8.95. The highest BCUT2D eigenvalue weighted by atomic mass is 16.3. The Morgan fingerprint density at radius 2 is 1.88 bits per heavy atom. The maximum absolute atomic E-state index is 13.8. The molecule has 0 bridgehead atoms. The standard InChI is InChI=1S/C37H45N3O3/c1-37(2,3)31-11-12-33-29(19-31)17-28-18-30(20-34(28)39-33)35(42)21-26(14-16-40-15-4-5-32(41)23-40)24-6-8-25(9-7-24)27-10-13-36(43)38-22-27/h6-10,13,17-18,22,26,31-32,41H,4-5,11-12,14-16,19-21,23H2,1-3H3,(H,38,43)/t26-,31-,32?/m0/s1. The third-order valence-corrected chi connectivity index (χ3v) is 9.98. The number of H-pyrrole nitrogens is 1. The average molecular weight is 580 g/mol. The van der Waals surface area contributed by atoms with E-state index in [0.717, 1.165) is 78.7 Å². The van der Waals surface area contributed by atoms with E-state index in [2.05, 4.69) is 67.1 Å². The molecule has 3 aromatic rings. The van der Waals surface area contributed by atoms with Gasteiger partial charge in [-0.2, -0.15) is 0 Å². The minimum atomic E-state index is -0.260. The molecule has 43 heavy (non-hydrogen) atoms. The van der Waals surface area contributed by atoms with E-state index in [0.29, 0.717) is 25.3 Å². The number of aliphatic hydroxyl groups is 1. The van der Waals surface area contributed by atoms with Crippen molar-refractivity contribution in [1.29, 1.82) is 0 Å². The summed E-state index contributed by atoms with van der Waals surface area (Å²) in [4.78, 5) is 35.5. The van der Waals surface area contributed by atoms with E-state index in [-0.39, 0.29) is 28.8 Å². The highest BCUT2D eigenvalue weighted by molar-refractivity contribution is 6.02. The molecule has 3 atom stereocenters. The number of carbonyl (C=O) groups excluding carboxylic acids is 1. The minimum Gasteiger partial charge on any atom is -0.392 e. The Morgan fingerprint density at radius 1 is 1.09 bits per heavy atom. The van der Waals surface area contributed by atoms with Crippen molar-refractivity contribution in [2.45, 2.75) is 84.2 Å². The molecule has 2 aliphatic carbocycles. The van der Waals surface area contributed by atoms with E-state index in [1.807, 2.05) is 6.07 Å². The van der Waals surface area contributed by atoms with Gasteiger partial charge >= 0.3 is 0 Å². The number of likely N-dealkylation sites (tertiary alicyclic amines) is 1. The number of carbonyl (C=O) groups is 1. The summed E-state index contributed by atoms with van der Waals surface area (Å²) in [6, 6.07) is 14.1. The molecule has 0 radical (unpaired) electrons. The van der Waals surface area contributed by atoms with Crippen LogP contribution >= 0.6 is 0 Å². The number of pyridine rings is 2. The van der Waals surface area contributed by atoms with Gasteiger partial charge in [0.2, 0.25) is 5.56 Å². The second-order valence-corrected chi connectivity index (χ2v) is 14.1. The highest BCUT2D eigenvalue weighted by Gasteiger charge is 2.31. The van der Waals surface area contributed by atoms with E-state index in [9.17, 15) is 14.7 Å². The molecule has 1 fully saturated rings. The van der Waals surface area contributed by atoms with E-state index in [1.54, 1.807) is 12.3 Å². The fourth-order valence-electron chi connectivity index (χ4n) is 7.18. The van der Waals surface area contributed by atoms with Gasteiger partial charge in [-0.05, 0) is 115 Å². The lowest BCUT2D eigenvalue weighted by Gasteiger charge is -2.34. The van der Waals surface area contributed by atoms with Crippen LogP contribution in [0.5, 0.6) is 0 Å². The number of nitrogens with zero attached hydrogens (tertiary/aromatic N) is 2. The summed E-state index contributed by atoms with van der Waals surface area (Å²) in [5, 5.41) is 10.2. The number of Topliss-reactive ketones (excluding diaryl/α,β-unsaturated/α-hetero) is 1. The Balaban J connectivity index is 1.19. The van der Waals surface area contributed by atoms with Crippen molar-refractivity contribution < 1.29 is 9.90 Å². The molecular weight excluding hydrogens is 534 g/mol. The van der Waals surface area contributed by atoms with Crippen molar-refractivity contribution in [3.8, 4) is 11.1 Å². The number of aryl methyl sites for hydroxylation is 1. The minimum absolute atomic E-state index is 0.0783. The Labute approximate surface area is 255 Å². The average Bonchev–Trinajstić information content (AvgIpc) is 3.41. The summed E-state index contributed by atoms with van der Waals surface area (Å²) in [7, 11) is 0. The molecule has 3 heterocycles. The van der Waals surface area contributed by atoms with Crippen molar-refractivity contribution in [1.82, 2.24) is 14.9 Å². The van der Waals surface area contributed by atoms with Crippen LogP contribution in [0.15, 0.2) is 59.0 Å². The van der Waals surface area contributed by atoms with Gasteiger partial charge in [-0.25, -0.2) is 0 Å². The number of nitrogens with one attached hydrogen (secondary N) is 1. The van der Waals surface area contributed by atoms with Crippen LogP contribution in [0.3, 0.4) is 0 Å². The first kappa shape index (κ1) is 29.7. The van der Waals surface area contributed by atoms with E-state index >= 15 is 0 Å². The van der Waals surface area contributed by atoms with Gasteiger partial charge in [-0.1, -0.05) is 45.0 Å². The number of hydrogen-bond acceptors (Lipinski definition) is 5. The molecule has 1 aromatic carbocycles. The molecule has 6 heteroatoms. The number of piperidine rings is 1. The monoisotopic (exact) mass is 579 g/mol. The number of aromatic amines is 1. The number of hydrogen-bond donors (Lipinski definition) is 2. The third-order valence-electron chi connectivity index (χ3n) is 9.98. The van der Waals surface area contributed by atoms with Crippen molar-refractivity contribution >= 4 is 11.9 Å². The first-order valence-corrected chi connectivity index (χ1v) is 16.1. The topological polar surface area (TPSA) is 86.3 Å². The molecule has 1 saturated heterocycles. The number of aliphatic hydroxyl groups excluding tert-OH is 1. The van der Waals surface area contributed by atoms with Gasteiger partial charge in [-0.3, -0.25) is 14.6 Å². The van der Waals surface area contributed by atoms with Crippen LogP contribution in [-0.4, -0.2) is 51.5 Å². The third kappa shape index (κ3) is 6.91. The number of aromatic nitrogens is 2. The quantitative estimate of drug-likeness (QED) is 0.336. The Hall–Kier alpha value is -3.35. The van der Waals surface area contributed by atoms with E-state index in [4.69, 9.17) is 4.98 Å². The van der Waals surface area contributed by atoms with Gasteiger partial charge in [0.05, 0.1) is 11.8 Å². The van der Waals surface area contributed by atoms with Crippen LogP contribution in [-0.2, 0) is 24.1 Å². The second-order valence-electron chi connectivity index (χ2n) is 14.1.